The quantitative estimate of drug-likeness (QED) is 0.565. The topological polar surface area (TPSA) is 85.9 Å². The first kappa shape index (κ1) is 15.4. The third-order valence-corrected chi connectivity index (χ3v) is 3.80. The summed E-state index contributed by atoms with van der Waals surface area (Å²) in [6.07, 6.45) is -0.394. The van der Waals surface area contributed by atoms with Crippen LogP contribution in [-0.2, 0) is 21.8 Å². The molecule has 0 fully saturated rings. The van der Waals surface area contributed by atoms with Crippen LogP contribution in [0.3, 0.4) is 0 Å². The van der Waals surface area contributed by atoms with Crippen molar-refractivity contribution in [3.8, 4) is 6.07 Å². The maximum absolute atomic E-state index is 8.89. The third kappa shape index (κ3) is 4.26. The molecule has 110 valence electrons. The van der Waals surface area contributed by atoms with Gasteiger partial charge in [0, 0.05) is 20.0 Å². The lowest BCUT2D eigenvalue weighted by Gasteiger charge is -2.13. The van der Waals surface area contributed by atoms with Crippen molar-refractivity contribution in [3.63, 3.8) is 0 Å². The first-order chi connectivity index (χ1) is 10.3. The van der Waals surface area contributed by atoms with Gasteiger partial charge in [-0.15, -0.1) is 5.10 Å². The molecular formula is C13H15N5O2S. The summed E-state index contributed by atoms with van der Waals surface area (Å²) in [5.41, 5.74) is 1.69. The Labute approximate surface area is 126 Å². The number of methoxy groups -OCH3 is 2. The Morgan fingerprint density at radius 1 is 1.38 bits per heavy atom. The van der Waals surface area contributed by atoms with Crippen molar-refractivity contribution in [3.05, 3.63) is 35.4 Å². The molecule has 0 aliphatic heterocycles. The molecule has 0 aliphatic carbocycles. The molecule has 0 N–H and O–H groups in total. The molecule has 7 nitrogen and oxygen atoms in total. The highest BCUT2D eigenvalue weighted by atomic mass is 32.2. The second-order valence-electron chi connectivity index (χ2n) is 4.15. The second kappa shape index (κ2) is 7.73. The Kier molecular flexibility index (Phi) is 5.68. The molecular weight excluding hydrogens is 290 g/mol. The van der Waals surface area contributed by atoms with Gasteiger partial charge in [0.15, 0.2) is 6.29 Å². The van der Waals surface area contributed by atoms with E-state index < -0.39 is 6.29 Å². The number of nitrogens with zero attached hydrogens (tertiary/aromatic N) is 5. The fourth-order valence-corrected chi connectivity index (χ4v) is 2.51. The first-order valence-electron chi connectivity index (χ1n) is 6.20. The van der Waals surface area contributed by atoms with E-state index in [1.54, 1.807) is 25.0 Å². The van der Waals surface area contributed by atoms with Crippen LogP contribution in [0.2, 0.25) is 0 Å². The standard InChI is InChI=1S/C13H15N5O2S/c1-19-12(20-2)8-18-13(15-16-17-18)21-9-11-5-3-4-10(6-11)7-14/h3-6,12H,8-9H2,1-2H3. The lowest BCUT2D eigenvalue weighted by atomic mass is 10.2. The van der Waals surface area contributed by atoms with Crippen molar-refractivity contribution in [1.29, 1.82) is 5.26 Å². The molecule has 0 saturated heterocycles. The zero-order valence-corrected chi connectivity index (χ0v) is 12.6. The van der Waals surface area contributed by atoms with E-state index >= 15 is 0 Å². The van der Waals surface area contributed by atoms with Crippen LogP contribution in [-0.4, -0.2) is 40.7 Å². The predicted molar refractivity (Wildman–Crippen MR) is 76.3 cm³/mol. The third-order valence-electron chi connectivity index (χ3n) is 2.77. The van der Waals surface area contributed by atoms with E-state index in [0.29, 0.717) is 23.0 Å². The van der Waals surface area contributed by atoms with E-state index in [2.05, 4.69) is 21.6 Å². The highest BCUT2D eigenvalue weighted by molar-refractivity contribution is 7.98. The van der Waals surface area contributed by atoms with Crippen LogP contribution >= 0.6 is 11.8 Å². The number of benzene rings is 1. The Morgan fingerprint density at radius 3 is 2.90 bits per heavy atom. The van der Waals surface area contributed by atoms with E-state index in [-0.39, 0.29) is 0 Å². The smallest absolute Gasteiger partial charge is 0.209 e. The number of ether oxygens (including phenoxy) is 2. The summed E-state index contributed by atoms with van der Waals surface area (Å²) in [7, 11) is 3.14. The van der Waals surface area contributed by atoms with Crippen LogP contribution in [0.4, 0.5) is 0 Å². The summed E-state index contributed by atoms with van der Waals surface area (Å²) in [5.74, 6) is 0.681. The number of aromatic nitrogens is 4. The highest BCUT2D eigenvalue weighted by Gasteiger charge is 2.13. The molecule has 0 bridgehead atoms. The molecule has 2 aromatic rings. The molecule has 1 aromatic heterocycles. The Morgan fingerprint density at radius 2 is 2.19 bits per heavy atom. The molecule has 0 spiro atoms. The predicted octanol–water partition coefficient (Wildman–Crippen LogP) is 1.46. The van der Waals surface area contributed by atoms with E-state index in [4.69, 9.17) is 14.7 Å². The molecule has 1 heterocycles. The van der Waals surface area contributed by atoms with Gasteiger partial charge in [-0.05, 0) is 28.1 Å². The Balaban J connectivity index is 2.00. The zero-order chi connectivity index (χ0) is 15.1. The summed E-state index contributed by atoms with van der Waals surface area (Å²) in [5, 5.41) is 21.1. The Hall–Kier alpha value is -1.95. The average molecular weight is 305 g/mol. The van der Waals surface area contributed by atoms with Crippen molar-refractivity contribution < 1.29 is 9.47 Å². The van der Waals surface area contributed by atoms with Gasteiger partial charge in [-0.25, -0.2) is 4.68 Å². The van der Waals surface area contributed by atoms with Gasteiger partial charge in [-0.3, -0.25) is 0 Å². The molecule has 0 aliphatic rings. The minimum atomic E-state index is -0.394. The largest absolute Gasteiger partial charge is 0.354 e. The minimum Gasteiger partial charge on any atom is -0.354 e. The second-order valence-corrected chi connectivity index (χ2v) is 5.09. The van der Waals surface area contributed by atoms with Crippen LogP contribution in [0.5, 0.6) is 0 Å². The number of hydrogen-bond acceptors (Lipinski definition) is 7. The van der Waals surface area contributed by atoms with E-state index in [0.717, 1.165) is 5.56 Å². The van der Waals surface area contributed by atoms with E-state index in [1.807, 2.05) is 18.2 Å². The monoisotopic (exact) mass is 305 g/mol. The van der Waals surface area contributed by atoms with Gasteiger partial charge >= 0.3 is 0 Å². The summed E-state index contributed by atoms with van der Waals surface area (Å²) in [6, 6.07) is 9.59. The van der Waals surface area contributed by atoms with Crippen LogP contribution in [0.1, 0.15) is 11.1 Å². The van der Waals surface area contributed by atoms with Gasteiger partial charge in [0.25, 0.3) is 0 Å². The van der Waals surface area contributed by atoms with Gasteiger partial charge in [-0.1, -0.05) is 23.9 Å². The Bertz CT molecular complexity index is 621. The summed E-state index contributed by atoms with van der Waals surface area (Å²) in [6.45, 7) is 0.417. The van der Waals surface area contributed by atoms with Crippen LogP contribution in [0, 0.1) is 11.3 Å². The van der Waals surface area contributed by atoms with Crippen molar-refractivity contribution in [1.82, 2.24) is 20.2 Å². The van der Waals surface area contributed by atoms with Gasteiger partial charge in [0.05, 0.1) is 18.2 Å². The molecule has 0 unspecified atom stereocenters. The van der Waals surface area contributed by atoms with E-state index in [9.17, 15) is 0 Å². The lowest BCUT2D eigenvalue weighted by molar-refractivity contribution is -0.113. The molecule has 8 heteroatoms. The van der Waals surface area contributed by atoms with Gasteiger partial charge < -0.3 is 9.47 Å². The average Bonchev–Trinajstić information content (AvgIpc) is 2.98. The number of rotatable bonds is 7. The molecule has 0 amide bonds. The normalized spacial score (nSPS) is 10.8. The van der Waals surface area contributed by atoms with Gasteiger partial charge in [0.2, 0.25) is 5.16 Å². The maximum atomic E-state index is 8.89. The zero-order valence-electron chi connectivity index (χ0n) is 11.8. The molecule has 0 atom stereocenters. The highest BCUT2D eigenvalue weighted by Crippen LogP contribution is 2.20. The number of hydrogen-bond donors (Lipinski definition) is 0. The van der Waals surface area contributed by atoms with Crippen LogP contribution < -0.4 is 0 Å². The van der Waals surface area contributed by atoms with Crippen molar-refractivity contribution in [2.75, 3.05) is 14.2 Å². The SMILES string of the molecule is COC(Cn1nnnc1SCc1cccc(C#N)c1)OC. The van der Waals surface area contributed by atoms with Crippen molar-refractivity contribution >= 4 is 11.8 Å². The molecule has 0 radical (unpaired) electrons. The van der Waals surface area contributed by atoms with Crippen LogP contribution in [0.15, 0.2) is 29.4 Å². The summed E-state index contributed by atoms with van der Waals surface area (Å²) in [4.78, 5) is 0. The van der Waals surface area contributed by atoms with E-state index in [1.165, 1.54) is 11.8 Å². The number of nitriles is 1. The number of tetrazole rings is 1. The van der Waals surface area contributed by atoms with Crippen molar-refractivity contribution in [2.24, 2.45) is 0 Å². The fraction of sp³-hybridized carbons (Fsp3) is 0.385. The summed E-state index contributed by atoms with van der Waals surface area (Å²) >= 11 is 1.50. The molecule has 0 saturated carbocycles. The van der Waals surface area contributed by atoms with Gasteiger partial charge in [-0.2, -0.15) is 5.26 Å². The minimum absolute atomic E-state index is 0.394. The maximum Gasteiger partial charge on any atom is 0.209 e. The fourth-order valence-electron chi connectivity index (χ4n) is 1.68. The van der Waals surface area contributed by atoms with Crippen LogP contribution in [0.25, 0.3) is 0 Å². The molecule has 21 heavy (non-hydrogen) atoms. The number of thioether (sulfide) groups is 1. The first-order valence-corrected chi connectivity index (χ1v) is 7.19. The molecule has 1 aromatic carbocycles. The lowest BCUT2D eigenvalue weighted by Crippen LogP contribution is -2.21. The van der Waals surface area contributed by atoms with Crippen molar-refractivity contribution in [2.45, 2.75) is 23.7 Å². The summed E-state index contributed by atoms with van der Waals surface area (Å²) < 4.78 is 11.9. The van der Waals surface area contributed by atoms with Gasteiger partial charge in [0.1, 0.15) is 0 Å². The molecule has 2 rings (SSSR count).